The van der Waals surface area contributed by atoms with Crippen LogP contribution in [0.4, 0.5) is 11.4 Å². The van der Waals surface area contributed by atoms with Gasteiger partial charge >= 0.3 is 0 Å². The van der Waals surface area contributed by atoms with Gasteiger partial charge in [-0.05, 0) is 36.2 Å². The van der Waals surface area contributed by atoms with E-state index in [-0.39, 0.29) is 6.10 Å². The Hall–Kier alpha value is -1.80. The molecule has 2 rings (SSSR count). The number of para-hydroxylation sites is 1. The number of hydrogen-bond donors (Lipinski definition) is 2. The van der Waals surface area contributed by atoms with Crippen molar-refractivity contribution < 1.29 is 5.11 Å². The Morgan fingerprint density at radius 2 is 1.07 bits per heavy atom. The third kappa shape index (κ3) is 10.8. The molecule has 166 valence electrons. The predicted molar refractivity (Wildman–Crippen MR) is 131 cm³/mol. The summed E-state index contributed by atoms with van der Waals surface area (Å²) in [5, 5.41) is 13.8. The molecular weight excluding hydrogens is 366 g/mol. The lowest BCUT2D eigenvalue weighted by molar-refractivity contribution is 0.163. The Morgan fingerprint density at radius 1 is 0.600 bits per heavy atom. The number of aliphatic hydroxyl groups excluding tert-OH is 1. The Bertz CT molecular complexity index is 637. The summed E-state index contributed by atoms with van der Waals surface area (Å²) in [5.41, 5.74) is 3.16. The lowest BCUT2D eigenvalue weighted by Gasteiger charge is -2.12. The average Bonchev–Trinajstić information content (AvgIpc) is 2.78. The lowest BCUT2D eigenvalue weighted by Crippen LogP contribution is -1.98. The maximum atomic E-state index is 10.5. The van der Waals surface area contributed by atoms with E-state index in [0.29, 0.717) is 0 Å². The maximum Gasteiger partial charge on any atom is 0.0790 e. The van der Waals surface area contributed by atoms with Gasteiger partial charge in [-0.1, -0.05) is 121 Å². The van der Waals surface area contributed by atoms with Crippen LogP contribution in [0.15, 0.2) is 54.6 Å². The first-order chi connectivity index (χ1) is 14.8. The molecule has 2 heteroatoms. The largest absolute Gasteiger partial charge is 0.388 e. The first-order valence-electron chi connectivity index (χ1n) is 12.4. The van der Waals surface area contributed by atoms with Crippen LogP contribution in [-0.2, 0) is 0 Å². The van der Waals surface area contributed by atoms with E-state index in [1.54, 1.807) is 0 Å². The molecular formula is C28H43NO. The second-order valence-corrected chi connectivity index (χ2v) is 8.66. The topological polar surface area (TPSA) is 32.3 Å². The molecule has 0 aliphatic carbocycles. The second kappa shape index (κ2) is 16.0. The van der Waals surface area contributed by atoms with Crippen molar-refractivity contribution in [2.24, 2.45) is 0 Å². The van der Waals surface area contributed by atoms with Crippen LogP contribution in [0.1, 0.15) is 108 Å². The third-order valence-electron chi connectivity index (χ3n) is 5.94. The van der Waals surface area contributed by atoms with Crippen molar-refractivity contribution in [2.45, 2.75) is 103 Å². The van der Waals surface area contributed by atoms with Crippen molar-refractivity contribution in [3.8, 4) is 0 Å². The van der Waals surface area contributed by atoms with Crippen LogP contribution in [-0.4, -0.2) is 5.11 Å². The molecule has 1 unspecified atom stereocenters. The van der Waals surface area contributed by atoms with Gasteiger partial charge in [-0.15, -0.1) is 0 Å². The smallest absolute Gasteiger partial charge is 0.0790 e. The first kappa shape index (κ1) is 24.5. The van der Waals surface area contributed by atoms with Crippen molar-refractivity contribution >= 4 is 11.4 Å². The molecule has 2 N–H and O–H groups in total. The van der Waals surface area contributed by atoms with Crippen molar-refractivity contribution in [3.05, 3.63) is 60.2 Å². The first-order valence-corrected chi connectivity index (χ1v) is 12.4. The second-order valence-electron chi connectivity index (χ2n) is 8.66. The molecule has 0 bridgehead atoms. The molecule has 0 radical (unpaired) electrons. The Balaban J connectivity index is 1.47. The summed E-state index contributed by atoms with van der Waals surface area (Å²) in [6.45, 7) is 2.28. The Labute approximate surface area is 185 Å². The summed E-state index contributed by atoms with van der Waals surface area (Å²) in [6.07, 6.45) is 18.2. The van der Waals surface area contributed by atoms with Gasteiger partial charge in [0.05, 0.1) is 6.10 Å². The van der Waals surface area contributed by atoms with E-state index in [1.807, 2.05) is 30.3 Å². The zero-order chi connectivity index (χ0) is 21.3. The van der Waals surface area contributed by atoms with Gasteiger partial charge in [0.1, 0.15) is 0 Å². The molecule has 0 fully saturated rings. The maximum absolute atomic E-state index is 10.5. The Morgan fingerprint density at radius 3 is 1.60 bits per heavy atom. The van der Waals surface area contributed by atoms with Gasteiger partial charge in [0.25, 0.3) is 0 Å². The van der Waals surface area contributed by atoms with Crippen molar-refractivity contribution in [1.29, 1.82) is 0 Å². The van der Waals surface area contributed by atoms with E-state index in [0.717, 1.165) is 29.8 Å². The van der Waals surface area contributed by atoms with E-state index in [4.69, 9.17) is 0 Å². The highest BCUT2D eigenvalue weighted by Crippen LogP contribution is 2.23. The zero-order valence-corrected chi connectivity index (χ0v) is 19.1. The van der Waals surface area contributed by atoms with Crippen LogP contribution in [0.2, 0.25) is 0 Å². The number of rotatable bonds is 17. The summed E-state index contributed by atoms with van der Waals surface area (Å²) < 4.78 is 0. The van der Waals surface area contributed by atoms with E-state index < -0.39 is 0 Å². The molecule has 2 aromatic carbocycles. The number of anilines is 2. The van der Waals surface area contributed by atoms with Crippen LogP contribution in [0.3, 0.4) is 0 Å². The van der Waals surface area contributed by atoms with E-state index in [1.165, 1.54) is 77.0 Å². The van der Waals surface area contributed by atoms with Gasteiger partial charge in [0.15, 0.2) is 0 Å². The summed E-state index contributed by atoms with van der Waals surface area (Å²) in [5.74, 6) is 0. The van der Waals surface area contributed by atoms with Gasteiger partial charge in [-0.25, -0.2) is 0 Å². The standard InChI is InChI=1S/C28H43NO/c1-2-3-4-5-6-7-8-9-10-11-12-13-17-20-28(30)25-21-23-27(24-22-25)29-26-18-15-14-16-19-26/h14-16,18-19,21-24,28-30H,2-13,17,20H2,1H3. The molecule has 0 spiro atoms. The Kier molecular flexibility index (Phi) is 13.0. The highest BCUT2D eigenvalue weighted by atomic mass is 16.3. The van der Waals surface area contributed by atoms with E-state index >= 15 is 0 Å². The summed E-state index contributed by atoms with van der Waals surface area (Å²) in [6, 6.07) is 18.4. The van der Waals surface area contributed by atoms with Gasteiger partial charge in [0.2, 0.25) is 0 Å². The number of hydrogen-bond acceptors (Lipinski definition) is 2. The minimum Gasteiger partial charge on any atom is -0.388 e. The lowest BCUT2D eigenvalue weighted by atomic mass is 10.0. The van der Waals surface area contributed by atoms with Gasteiger partial charge < -0.3 is 10.4 Å². The molecule has 0 aliphatic heterocycles. The SMILES string of the molecule is CCCCCCCCCCCCCCCC(O)c1ccc(Nc2ccccc2)cc1. The molecule has 0 aromatic heterocycles. The summed E-state index contributed by atoms with van der Waals surface area (Å²) in [4.78, 5) is 0. The minimum absolute atomic E-state index is 0.344. The highest BCUT2D eigenvalue weighted by molar-refractivity contribution is 5.59. The van der Waals surface area contributed by atoms with Crippen molar-refractivity contribution in [3.63, 3.8) is 0 Å². The molecule has 2 aromatic rings. The van der Waals surface area contributed by atoms with Gasteiger partial charge in [-0.2, -0.15) is 0 Å². The van der Waals surface area contributed by atoms with Crippen LogP contribution < -0.4 is 5.32 Å². The monoisotopic (exact) mass is 409 g/mol. The van der Waals surface area contributed by atoms with Crippen LogP contribution in [0.5, 0.6) is 0 Å². The normalized spacial score (nSPS) is 12.1. The van der Waals surface area contributed by atoms with Crippen molar-refractivity contribution in [2.75, 3.05) is 5.32 Å². The molecule has 0 heterocycles. The van der Waals surface area contributed by atoms with E-state index in [9.17, 15) is 5.11 Å². The molecule has 0 saturated carbocycles. The molecule has 2 nitrogen and oxygen atoms in total. The van der Waals surface area contributed by atoms with Gasteiger partial charge in [0, 0.05) is 11.4 Å². The van der Waals surface area contributed by atoms with Crippen LogP contribution >= 0.6 is 0 Å². The number of benzene rings is 2. The number of nitrogens with one attached hydrogen (secondary N) is 1. The van der Waals surface area contributed by atoms with Crippen LogP contribution in [0.25, 0.3) is 0 Å². The average molecular weight is 410 g/mol. The highest BCUT2D eigenvalue weighted by Gasteiger charge is 2.07. The van der Waals surface area contributed by atoms with Gasteiger partial charge in [-0.3, -0.25) is 0 Å². The molecule has 0 amide bonds. The minimum atomic E-state index is -0.344. The predicted octanol–water partition coefficient (Wildman–Crippen LogP) is 8.94. The fourth-order valence-corrected chi connectivity index (χ4v) is 4.00. The zero-order valence-electron chi connectivity index (χ0n) is 19.1. The molecule has 30 heavy (non-hydrogen) atoms. The fourth-order valence-electron chi connectivity index (χ4n) is 4.00. The molecule has 1 atom stereocenters. The van der Waals surface area contributed by atoms with Crippen LogP contribution in [0, 0.1) is 0 Å². The quantitative estimate of drug-likeness (QED) is 0.255. The van der Waals surface area contributed by atoms with E-state index in [2.05, 4.69) is 36.5 Å². The molecule has 0 saturated heterocycles. The molecule has 0 aliphatic rings. The third-order valence-corrected chi connectivity index (χ3v) is 5.94. The number of unbranched alkanes of at least 4 members (excludes halogenated alkanes) is 12. The fraction of sp³-hybridized carbons (Fsp3) is 0.571. The number of aliphatic hydroxyl groups is 1. The van der Waals surface area contributed by atoms with Crippen molar-refractivity contribution in [1.82, 2.24) is 0 Å². The summed E-state index contributed by atoms with van der Waals surface area (Å²) in [7, 11) is 0. The summed E-state index contributed by atoms with van der Waals surface area (Å²) >= 11 is 0.